The van der Waals surface area contributed by atoms with Crippen LogP contribution in [-0.2, 0) is 14.3 Å². The molecule has 0 bridgehead atoms. The van der Waals surface area contributed by atoms with Crippen LogP contribution < -0.4 is 5.32 Å². The number of nitrogens with one attached hydrogen (secondary N) is 1. The SMILES string of the molecule is C[C@@H](C(=O)NCCOCCO)N1CC(=O)C=CC1O. The number of aliphatic hydroxyl groups excluding tert-OH is 2. The van der Waals surface area contributed by atoms with E-state index in [1.54, 1.807) is 6.92 Å². The zero-order chi connectivity index (χ0) is 14.3. The Bertz CT molecular complexity index is 345. The van der Waals surface area contributed by atoms with Crippen molar-refractivity contribution in [3.63, 3.8) is 0 Å². The first-order chi connectivity index (χ1) is 9.06. The first-order valence-electron chi connectivity index (χ1n) is 6.17. The van der Waals surface area contributed by atoms with E-state index in [0.717, 1.165) is 0 Å². The van der Waals surface area contributed by atoms with Crippen molar-refractivity contribution < 1.29 is 24.5 Å². The van der Waals surface area contributed by atoms with Gasteiger partial charge in [-0.3, -0.25) is 14.5 Å². The van der Waals surface area contributed by atoms with Crippen LogP contribution in [0.5, 0.6) is 0 Å². The van der Waals surface area contributed by atoms with Crippen LogP contribution in [0.2, 0.25) is 0 Å². The van der Waals surface area contributed by atoms with Crippen LogP contribution in [0.15, 0.2) is 12.2 Å². The van der Waals surface area contributed by atoms with Gasteiger partial charge in [0.25, 0.3) is 0 Å². The maximum atomic E-state index is 11.8. The van der Waals surface area contributed by atoms with Gasteiger partial charge in [0.15, 0.2) is 5.78 Å². The van der Waals surface area contributed by atoms with Crippen LogP contribution in [0, 0.1) is 0 Å². The molecule has 0 aromatic heterocycles. The Balaban J connectivity index is 2.35. The van der Waals surface area contributed by atoms with Crippen molar-refractivity contribution >= 4 is 11.7 Å². The predicted octanol–water partition coefficient (Wildman–Crippen LogP) is -1.74. The lowest BCUT2D eigenvalue weighted by Gasteiger charge is -2.32. The average molecular weight is 272 g/mol. The minimum absolute atomic E-state index is 0.0211. The van der Waals surface area contributed by atoms with Gasteiger partial charge in [0.2, 0.25) is 5.91 Å². The van der Waals surface area contributed by atoms with Gasteiger partial charge in [-0.1, -0.05) is 0 Å². The lowest BCUT2D eigenvalue weighted by atomic mass is 10.1. The molecule has 7 heteroatoms. The van der Waals surface area contributed by atoms with Crippen LogP contribution in [0.1, 0.15) is 6.92 Å². The topological polar surface area (TPSA) is 99.1 Å². The molecule has 0 saturated carbocycles. The molecule has 0 saturated heterocycles. The predicted molar refractivity (Wildman–Crippen MR) is 67.2 cm³/mol. The number of hydrogen-bond donors (Lipinski definition) is 3. The fraction of sp³-hybridized carbons (Fsp3) is 0.667. The Morgan fingerprint density at radius 1 is 1.63 bits per heavy atom. The van der Waals surface area contributed by atoms with E-state index in [-0.39, 0.29) is 31.4 Å². The molecule has 7 nitrogen and oxygen atoms in total. The van der Waals surface area contributed by atoms with Crippen LogP contribution in [0.3, 0.4) is 0 Å². The summed E-state index contributed by atoms with van der Waals surface area (Å²) < 4.78 is 5.00. The van der Waals surface area contributed by atoms with Gasteiger partial charge in [0.05, 0.1) is 32.4 Å². The van der Waals surface area contributed by atoms with Crippen molar-refractivity contribution in [3.05, 3.63) is 12.2 Å². The number of hydrogen-bond acceptors (Lipinski definition) is 6. The molecule has 0 fully saturated rings. The van der Waals surface area contributed by atoms with Crippen molar-refractivity contribution in [1.29, 1.82) is 0 Å². The number of nitrogens with zero attached hydrogens (tertiary/aromatic N) is 1. The summed E-state index contributed by atoms with van der Waals surface area (Å²) in [5, 5.41) is 20.8. The van der Waals surface area contributed by atoms with Crippen LogP contribution in [0.4, 0.5) is 0 Å². The zero-order valence-electron chi connectivity index (χ0n) is 10.9. The number of carbonyl (C=O) groups is 2. The number of ether oxygens (including phenoxy) is 1. The molecule has 1 amide bonds. The van der Waals surface area contributed by atoms with Crippen LogP contribution >= 0.6 is 0 Å². The Morgan fingerprint density at radius 2 is 2.37 bits per heavy atom. The molecule has 3 N–H and O–H groups in total. The van der Waals surface area contributed by atoms with Gasteiger partial charge in [-0.2, -0.15) is 0 Å². The average Bonchev–Trinajstić information content (AvgIpc) is 2.40. The normalized spacial score (nSPS) is 21.4. The van der Waals surface area contributed by atoms with Gasteiger partial charge < -0.3 is 20.3 Å². The van der Waals surface area contributed by atoms with Crippen molar-refractivity contribution in [1.82, 2.24) is 10.2 Å². The number of aliphatic hydroxyl groups is 2. The summed E-state index contributed by atoms with van der Waals surface area (Å²) in [6, 6.07) is -0.609. The summed E-state index contributed by atoms with van der Waals surface area (Å²) in [5.74, 6) is -0.425. The maximum Gasteiger partial charge on any atom is 0.237 e. The number of carbonyl (C=O) groups excluding carboxylic acids is 2. The highest BCUT2D eigenvalue weighted by Gasteiger charge is 2.29. The molecule has 19 heavy (non-hydrogen) atoms. The summed E-state index contributed by atoms with van der Waals surface area (Å²) in [5.41, 5.74) is 0. The first-order valence-corrected chi connectivity index (χ1v) is 6.17. The fourth-order valence-corrected chi connectivity index (χ4v) is 1.71. The van der Waals surface area contributed by atoms with E-state index in [4.69, 9.17) is 9.84 Å². The van der Waals surface area contributed by atoms with Crippen LogP contribution in [0.25, 0.3) is 0 Å². The third-order valence-corrected chi connectivity index (χ3v) is 2.79. The minimum atomic E-state index is -0.927. The first kappa shape index (κ1) is 15.8. The molecule has 0 aliphatic carbocycles. The molecule has 1 aliphatic heterocycles. The zero-order valence-corrected chi connectivity index (χ0v) is 10.9. The molecule has 1 heterocycles. The van der Waals surface area contributed by atoms with Gasteiger partial charge >= 0.3 is 0 Å². The van der Waals surface area contributed by atoms with Crippen LogP contribution in [-0.4, -0.2) is 72.0 Å². The van der Waals surface area contributed by atoms with Gasteiger partial charge in [0, 0.05) is 6.54 Å². The molecule has 0 radical (unpaired) electrons. The standard InChI is InChI=1S/C12H20N2O5/c1-9(12(18)13-4-6-19-7-5-15)14-8-10(16)2-3-11(14)17/h2-3,9,11,15,17H,4-8H2,1H3,(H,13,18)/t9-,11?/m0/s1. The van der Waals surface area contributed by atoms with Crippen molar-refractivity contribution in [2.75, 3.05) is 32.9 Å². The summed E-state index contributed by atoms with van der Waals surface area (Å²) >= 11 is 0. The second kappa shape index (κ2) is 8.00. The fourth-order valence-electron chi connectivity index (χ4n) is 1.71. The third kappa shape index (κ3) is 5.07. The molecule has 0 aromatic rings. The number of rotatable bonds is 7. The third-order valence-electron chi connectivity index (χ3n) is 2.79. The smallest absolute Gasteiger partial charge is 0.237 e. The molecule has 1 unspecified atom stereocenters. The highest BCUT2D eigenvalue weighted by Crippen LogP contribution is 2.10. The minimum Gasteiger partial charge on any atom is -0.394 e. The summed E-state index contributed by atoms with van der Waals surface area (Å²) in [4.78, 5) is 24.5. The number of ketones is 1. The number of amides is 1. The van der Waals surface area contributed by atoms with Crippen molar-refractivity contribution in [2.45, 2.75) is 19.2 Å². The van der Waals surface area contributed by atoms with Crippen molar-refractivity contribution in [3.8, 4) is 0 Å². The van der Waals surface area contributed by atoms with Gasteiger partial charge in [-0.05, 0) is 19.1 Å². The van der Waals surface area contributed by atoms with E-state index in [2.05, 4.69) is 5.32 Å². The molecular weight excluding hydrogens is 252 g/mol. The Labute approximate surface area is 111 Å². The molecule has 108 valence electrons. The molecule has 0 aromatic carbocycles. The lowest BCUT2D eigenvalue weighted by molar-refractivity contribution is -0.132. The Morgan fingerprint density at radius 3 is 3.05 bits per heavy atom. The molecule has 0 spiro atoms. The Hall–Kier alpha value is -1.28. The lowest BCUT2D eigenvalue weighted by Crippen LogP contribution is -2.52. The summed E-state index contributed by atoms with van der Waals surface area (Å²) in [7, 11) is 0. The molecule has 1 aliphatic rings. The monoisotopic (exact) mass is 272 g/mol. The second-order valence-corrected chi connectivity index (χ2v) is 4.21. The van der Waals surface area contributed by atoms with E-state index in [1.807, 2.05) is 0 Å². The van der Waals surface area contributed by atoms with Crippen molar-refractivity contribution in [2.24, 2.45) is 0 Å². The van der Waals surface area contributed by atoms with Gasteiger partial charge in [-0.15, -0.1) is 0 Å². The van der Waals surface area contributed by atoms with E-state index >= 15 is 0 Å². The quantitative estimate of drug-likeness (QED) is 0.476. The van der Waals surface area contributed by atoms with E-state index in [1.165, 1.54) is 17.1 Å². The second-order valence-electron chi connectivity index (χ2n) is 4.21. The molecule has 2 atom stereocenters. The highest BCUT2D eigenvalue weighted by molar-refractivity contribution is 5.93. The molecule has 1 rings (SSSR count). The Kier molecular flexibility index (Phi) is 6.65. The summed E-state index contributed by atoms with van der Waals surface area (Å²) in [6.07, 6.45) is 1.75. The van der Waals surface area contributed by atoms with Gasteiger partial charge in [-0.25, -0.2) is 0 Å². The van der Waals surface area contributed by atoms with E-state index in [0.29, 0.717) is 13.2 Å². The highest BCUT2D eigenvalue weighted by atomic mass is 16.5. The van der Waals surface area contributed by atoms with Gasteiger partial charge in [0.1, 0.15) is 6.23 Å². The van der Waals surface area contributed by atoms with E-state index in [9.17, 15) is 14.7 Å². The maximum absolute atomic E-state index is 11.8. The molecular formula is C12H20N2O5. The largest absolute Gasteiger partial charge is 0.394 e. The van der Waals surface area contributed by atoms with E-state index < -0.39 is 12.3 Å². The summed E-state index contributed by atoms with van der Waals surface area (Å²) in [6.45, 7) is 2.44.